The lowest BCUT2D eigenvalue weighted by molar-refractivity contribution is -0.148. The molecule has 0 bridgehead atoms. The fourth-order valence-electron chi connectivity index (χ4n) is 0.201. The van der Waals surface area contributed by atoms with E-state index in [2.05, 4.69) is 21.6 Å². The number of carbonyl (C=O) groups is 1. The van der Waals surface area contributed by atoms with E-state index in [-0.39, 0.29) is 6.73 Å². The van der Waals surface area contributed by atoms with Gasteiger partial charge in [-0.2, -0.15) is 0 Å². The molecule has 0 radical (unpaired) electrons. The SMILES string of the molecule is C=CC(=O)ONCOC. The lowest BCUT2D eigenvalue weighted by Crippen LogP contribution is -2.20. The molecule has 0 saturated heterocycles. The molecular formula is C5H9NO3. The van der Waals surface area contributed by atoms with Crippen molar-refractivity contribution in [3.8, 4) is 0 Å². The molecule has 0 aliphatic rings. The molecule has 0 fully saturated rings. The van der Waals surface area contributed by atoms with Gasteiger partial charge in [-0.1, -0.05) is 6.58 Å². The van der Waals surface area contributed by atoms with E-state index >= 15 is 0 Å². The molecule has 4 heteroatoms. The standard InChI is InChI=1S/C5H9NO3/c1-3-5(7)9-6-4-8-2/h3,6H,1,4H2,2H3. The van der Waals surface area contributed by atoms with Gasteiger partial charge in [-0.15, -0.1) is 5.48 Å². The Morgan fingerprint density at radius 3 is 3.00 bits per heavy atom. The molecule has 0 spiro atoms. The summed E-state index contributed by atoms with van der Waals surface area (Å²) in [5.41, 5.74) is 2.24. The molecule has 0 atom stereocenters. The summed E-state index contributed by atoms with van der Waals surface area (Å²) < 4.78 is 4.51. The molecule has 0 unspecified atom stereocenters. The molecule has 0 aliphatic heterocycles. The fourth-order valence-corrected chi connectivity index (χ4v) is 0.201. The average Bonchev–Trinajstić information content (AvgIpc) is 1.89. The molecule has 9 heavy (non-hydrogen) atoms. The van der Waals surface area contributed by atoms with Crippen molar-refractivity contribution in [3.63, 3.8) is 0 Å². The number of nitrogens with one attached hydrogen (secondary N) is 1. The highest BCUT2D eigenvalue weighted by Crippen LogP contribution is 1.71. The summed E-state index contributed by atoms with van der Waals surface area (Å²) in [7, 11) is 1.48. The van der Waals surface area contributed by atoms with E-state index in [9.17, 15) is 4.79 Å². The van der Waals surface area contributed by atoms with Crippen molar-refractivity contribution < 1.29 is 14.4 Å². The summed E-state index contributed by atoms with van der Waals surface area (Å²) in [4.78, 5) is 14.5. The first-order chi connectivity index (χ1) is 4.31. The van der Waals surface area contributed by atoms with Gasteiger partial charge in [-0.3, -0.25) is 0 Å². The van der Waals surface area contributed by atoms with Gasteiger partial charge in [0.1, 0.15) is 6.73 Å². The zero-order valence-corrected chi connectivity index (χ0v) is 5.22. The van der Waals surface area contributed by atoms with Crippen LogP contribution in [0.4, 0.5) is 0 Å². The normalized spacial score (nSPS) is 8.56. The summed E-state index contributed by atoms with van der Waals surface area (Å²) in [6.45, 7) is 3.36. The minimum atomic E-state index is -0.521. The first-order valence-corrected chi connectivity index (χ1v) is 2.36. The second kappa shape index (κ2) is 5.27. The van der Waals surface area contributed by atoms with E-state index in [4.69, 9.17) is 0 Å². The average molecular weight is 131 g/mol. The zero-order valence-electron chi connectivity index (χ0n) is 5.22. The van der Waals surface area contributed by atoms with Gasteiger partial charge in [0.15, 0.2) is 0 Å². The number of methoxy groups -OCH3 is 1. The Kier molecular flexibility index (Phi) is 4.76. The molecular weight excluding hydrogens is 122 g/mol. The van der Waals surface area contributed by atoms with Crippen LogP contribution < -0.4 is 5.48 Å². The molecule has 1 N–H and O–H groups in total. The Balaban J connectivity index is 3.07. The number of ether oxygens (including phenoxy) is 1. The lowest BCUT2D eigenvalue weighted by Gasteiger charge is -1.99. The minimum absolute atomic E-state index is 0.180. The van der Waals surface area contributed by atoms with Gasteiger partial charge in [-0.25, -0.2) is 4.79 Å². The molecule has 0 aliphatic carbocycles. The summed E-state index contributed by atoms with van der Waals surface area (Å²) in [6.07, 6.45) is 1.06. The van der Waals surface area contributed by atoms with E-state index in [0.717, 1.165) is 6.08 Å². The van der Waals surface area contributed by atoms with Crippen LogP contribution in [0.15, 0.2) is 12.7 Å². The minimum Gasteiger partial charge on any atom is -0.366 e. The van der Waals surface area contributed by atoms with E-state index in [1.807, 2.05) is 0 Å². The van der Waals surface area contributed by atoms with E-state index in [0.29, 0.717) is 0 Å². The van der Waals surface area contributed by atoms with Crippen molar-refractivity contribution in [1.82, 2.24) is 5.48 Å². The molecule has 0 rings (SSSR count). The highest BCUT2D eigenvalue weighted by atomic mass is 16.7. The highest BCUT2D eigenvalue weighted by Gasteiger charge is 1.90. The van der Waals surface area contributed by atoms with Crippen molar-refractivity contribution in [2.24, 2.45) is 0 Å². The summed E-state index contributed by atoms with van der Waals surface area (Å²) >= 11 is 0. The van der Waals surface area contributed by atoms with Gasteiger partial charge in [0.05, 0.1) is 0 Å². The van der Waals surface area contributed by atoms with E-state index in [1.54, 1.807) is 0 Å². The van der Waals surface area contributed by atoms with Crippen LogP contribution >= 0.6 is 0 Å². The summed E-state index contributed by atoms with van der Waals surface area (Å²) in [6, 6.07) is 0. The first-order valence-electron chi connectivity index (χ1n) is 2.36. The Labute approximate surface area is 53.4 Å². The van der Waals surface area contributed by atoms with Gasteiger partial charge < -0.3 is 9.57 Å². The van der Waals surface area contributed by atoms with Crippen LogP contribution in [-0.4, -0.2) is 19.8 Å². The predicted octanol–water partition coefficient (Wildman–Crippen LogP) is -0.176. The van der Waals surface area contributed by atoms with E-state index in [1.165, 1.54) is 7.11 Å². The maximum absolute atomic E-state index is 10.2. The van der Waals surface area contributed by atoms with Crippen molar-refractivity contribution in [2.75, 3.05) is 13.8 Å². The quantitative estimate of drug-likeness (QED) is 0.249. The maximum Gasteiger partial charge on any atom is 0.348 e. The topological polar surface area (TPSA) is 47.6 Å². The number of hydroxylamine groups is 1. The molecule has 0 aromatic carbocycles. The third kappa shape index (κ3) is 4.99. The van der Waals surface area contributed by atoms with Crippen molar-refractivity contribution in [1.29, 1.82) is 0 Å². The van der Waals surface area contributed by atoms with Crippen molar-refractivity contribution in [3.05, 3.63) is 12.7 Å². The molecule has 0 aromatic heterocycles. The van der Waals surface area contributed by atoms with Crippen LogP contribution in [0.3, 0.4) is 0 Å². The smallest absolute Gasteiger partial charge is 0.348 e. The van der Waals surface area contributed by atoms with Gasteiger partial charge in [0, 0.05) is 13.2 Å². The van der Waals surface area contributed by atoms with Gasteiger partial charge in [0.25, 0.3) is 0 Å². The lowest BCUT2D eigenvalue weighted by atomic mass is 10.7. The fraction of sp³-hybridized carbons (Fsp3) is 0.400. The van der Waals surface area contributed by atoms with Crippen LogP contribution in [-0.2, 0) is 14.4 Å². The Bertz CT molecular complexity index is 102. The molecule has 0 heterocycles. The maximum atomic E-state index is 10.2. The monoisotopic (exact) mass is 131 g/mol. The Morgan fingerprint density at radius 1 is 1.89 bits per heavy atom. The Morgan fingerprint density at radius 2 is 2.56 bits per heavy atom. The number of hydrogen-bond donors (Lipinski definition) is 1. The molecule has 4 nitrogen and oxygen atoms in total. The Hall–Kier alpha value is -0.870. The van der Waals surface area contributed by atoms with Crippen LogP contribution in [0.5, 0.6) is 0 Å². The largest absolute Gasteiger partial charge is 0.366 e. The van der Waals surface area contributed by atoms with Crippen molar-refractivity contribution >= 4 is 5.97 Å². The zero-order chi connectivity index (χ0) is 7.11. The van der Waals surface area contributed by atoms with Gasteiger partial charge in [0.2, 0.25) is 0 Å². The van der Waals surface area contributed by atoms with Crippen LogP contribution in [0.2, 0.25) is 0 Å². The number of hydrogen-bond acceptors (Lipinski definition) is 4. The molecule has 0 aromatic rings. The number of rotatable bonds is 4. The second-order valence-electron chi connectivity index (χ2n) is 1.20. The third-order valence-electron chi connectivity index (χ3n) is 0.543. The summed E-state index contributed by atoms with van der Waals surface area (Å²) in [5.74, 6) is -0.521. The molecule has 52 valence electrons. The summed E-state index contributed by atoms with van der Waals surface area (Å²) in [5, 5.41) is 0. The van der Waals surface area contributed by atoms with Crippen LogP contribution in [0.25, 0.3) is 0 Å². The van der Waals surface area contributed by atoms with Crippen LogP contribution in [0, 0.1) is 0 Å². The van der Waals surface area contributed by atoms with Gasteiger partial charge in [-0.05, 0) is 0 Å². The molecule has 0 amide bonds. The van der Waals surface area contributed by atoms with E-state index < -0.39 is 5.97 Å². The number of carbonyl (C=O) groups excluding carboxylic acids is 1. The van der Waals surface area contributed by atoms with Crippen LogP contribution in [0.1, 0.15) is 0 Å². The van der Waals surface area contributed by atoms with Crippen molar-refractivity contribution in [2.45, 2.75) is 0 Å². The molecule has 0 saturated carbocycles. The highest BCUT2D eigenvalue weighted by molar-refractivity contribution is 5.80. The third-order valence-corrected chi connectivity index (χ3v) is 0.543. The first kappa shape index (κ1) is 8.13. The van der Waals surface area contributed by atoms with Gasteiger partial charge >= 0.3 is 5.97 Å². The predicted molar refractivity (Wildman–Crippen MR) is 31.3 cm³/mol. The second-order valence-corrected chi connectivity index (χ2v) is 1.20.